The lowest BCUT2D eigenvalue weighted by Gasteiger charge is -2.35. The summed E-state index contributed by atoms with van der Waals surface area (Å²) in [7, 11) is 0. The molecule has 156 valence electrons. The van der Waals surface area contributed by atoms with Gasteiger partial charge in [0.15, 0.2) is 0 Å². The molecule has 6 nitrogen and oxygen atoms in total. The minimum atomic E-state index is -0.0464. The highest BCUT2D eigenvalue weighted by atomic mass is 16.2. The molecule has 0 aliphatic carbocycles. The maximum atomic E-state index is 12.7. The highest BCUT2D eigenvalue weighted by molar-refractivity contribution is 5.89. The number of piperazine rings is 1. The van der Waals surface area contributed by atoms with E-state index >= 15 is 0 Å². The number of hydrogen-bond acceptors (Lipinski definition) is 4. The summed E-state index contributed by atoms with van der Waals surface area (Å²) < 4.78 is 0. The molecule has 0 spiro atoms. The molecule has 0 atom stereocenters. The summed E-state index contributed by atoms with van der Waals surface area (Å²) in [6, 6.07) is 10.1. The Hall–Kier alpha value is -2.63. The first-order chi connectivity index (χ1) is 13.6. The summed E-state index contributed by atoms with van der Waals surface area (Å²) in [5, 5.41) is 3.02. The number of hydrogen-bond donors (Lipinski definition) is 1. The van der Waals surface area contributed by atoms with Crippen molar-refractivity contribution in [2.45, 2.75) is 52.9 Å². The van der Waals surface area contributed by atoms with Crippen molar-refractivity contribution < 1.29 is 4.79 Å². The third-order valence-corrected chi connectivity index (χ3v) is 5.27. The molecular weight excluding hydrogens is 362 g/mol. The van der Waals surface area contributed by atoms with Crippen LogP contribution in [0.2, 0.25) is 0 Å². The number of aromatic nitrogens is 2. The Labute approximate surface area is 174 Å². The zero-order valence-corrected chi connectivity index (χ0v) is 18.5. The monoisotopic (exact) mass is 395 g/mol. The van der Waals surface area contributed by atoms with Crippen molar-refractivity contribution in [1.82, 2.24) is 14.9 Å². The van der Waals surface area contributed by atoms with Crippen molar-refractivity contribution in [1.29, 1.82) is 0 Å². The zero-order chi connectivity index (χ0) is 21.2. The third kappa shape index (κ3) is 5.25. The van der Waals surface area contributed by atoms with E-state index in [0.717, 1.165) is 36.1 Å². The Kier molecular flexibility index (Phi) is 6.10. The number of anilines is 2. The van der Waals surface area contributed by atoms with E-state index in [0.29, 0.717) is 19.0 Å². The summed E-state index contributed by atoms with van der Waals surface area (Å²) in [6.45, 7) is 15.7. The van der Waals surface area contributed by atoms with Crippen LogP contribution in [0.5, 0.6) is 0 Å². The predicted octanol–water partition coefficient (Wildman–Crippen LogP) is 4.56. The summed E-state index contributed by atoms with van der Waals surface area (Å²) >= 11 is 0. The molecule has 6 heteroatoms. The van der Waals surface area contributed by atoms with E-state index < -0.39 is 0 Å². The van der Waals surface area contributed by atoms with Crippen LogP contribution in [-0.2, 0) is 5.41 Å². The van der Waals surface area contributed by atoms with Gasteiger partial charge in [-0.25, -0.2) is 14.8 Å². The molecule has 1 N–H and O–H groups in total. The van der Waals surface area contributed by atoms with Gasteiger partial charge in [-0.15, -0.1) is 0 Å². The van der Waals surface area contributed by atoms with Gasteiger partial charge >= 0.3 is 6.03 Å². The lowest BCUT2D eigenvalue weighted by molar-refractivity contribution is 0.208. The van der Waals surface area contributed by atoms with Gasteiger partial charge in [0.1, 0.15) is 11.6 Å². The molecular formula is C23H33N5O. The van der Waals surface area contributed by atoms with E-state index in [-0.39, 0.29) is 11.4 Å². The van der Waals surface area contributed by atoms with Gasteiger partial charge in [0.05, 0.1) is 0 Å². The van der Waals surface area contributed by atoms with Crippen LogP contribution in [0.4, 0.5) is 16.3 Å². The van der Waals surface area contributed by atoms with Gasteiger partial charge in [-0.1, -0.05) is 46.8 Å². The second-order valence-corrected chi connectivity index (χ2v) is 9.11. The van der Waals surface area contributed by atoms with Crippen molar-refractivity contribution in [3.8, 4) is 0 Å². The molecule has 1 saturated heterocycles. The number of carbonyl (C=O) groups is 1. The Morgan fingerprint density at radius 1 is 1.03 bits per heavy atom. The predicted molar refractivity (Wildman–Crippen MR) is 119 cm³/mol. The van der Waals surface area contributed by atoms with E-state index in [1.165, 1.54) is 5.56 Å². The average molecular weight is 396 g/mol. The van der Waals surface area contributed by atoms with Crippen LogP contribution < -0.4 is 10.2 Å². The number of rotatable bonds is 3. The van der Waals surface area contributed by atoms with Gasteiger partial charge in [0.25, 0.3) is 0 Å². The second kappa shape index (κ2) is 8.39. The molecule has 2 heterocycles. The van der Waals surface area contributed by atoms with Crippen molar-refractivity contribution in [3.05, 3.63) is 47.4 Å². The van der Waals surface area contributed by atoms with Crippen LogP contribution in [0, 0.1) is 6.92 Å². The lowest BCUT2D eigenvalue weighted by atomic mass is 9.87. The van der Waals surface area contributed by atoms with Gasteiger partial charge in [-0.2, -0.15) is 0 Å². The number of nitrogens with zero attached hydrogens (tertiary/aromatic N) is 4. The topological polar surface area (TPSA) is 61.4 Å². The summed E-state index contributed by atoms with van der Waals surface area (Å²) in [5.74, 6) is 2.13. The zero-order valence-electron chi connectivity index (χ0n) is 18.5. The highest BCUT2D eigenvalue weighted by Crippen LogP contribution is 2.24. The van der Waals surface area contributed by atoms with E-state index in [9.17, 15) is 4.79 Å². The maximum Gasteiger partial charge on any atom is 0.321 e. The maximum absolute atomic E-state index is 12.7. The largest absolute Gasteiger partial charge is 0.353 e. The fourth-order valence-electron chi connectivity index (χ4n) is 3.39. The molecule has 2 aromatic rings. The Balaban J connectivity index is 1.58. The smallest absolute Gasteiger partial charge is 0.321 e. The van der Waals surface area contributed by atoms with Crippen LogP contribution in [0.3, 0.4) is 0 Å². The molecule has 1 aliphatic rings. The van der Waals surface area contributed by atoms with E-state index in [4.69, 9.17) is 4.98 Å². The molecule has 3 rings (SSSR count). The van der Waals surface area contributed by atoms with Crippen molar-refractivity contribution in [2.24, 2.45) is 0 Å². The van der Waals surface area contributed by atoms with Crippen molar-refractivity contribution >= 4 is 17.5 Å². The first-order valence-corrected chi connectivity index (χ1v) is 10.4. The Morgan fingerprint density at radius 3 is 2.21 bits per heavy atom. The van der Waals surface area contributed by atoms with Gasteiger partial charge in [-0.3, -0.25) is 0 Å². The van der Waals surface area contributed by atoms with Crippen molar-refractivity contribution in [3.63, 3.8) is 0 Å². The van der Waals surface area contributed by atoms with E-state index in [1.807, 2.05) is 30.0 Å². The molecule has 1 fully saturated rings. The minimum absolute atomic E-state index is 0.0464. The van der Waals surface area contributed by atoms with Crippen LogP contribution >= 0.6 is 0 Å². The third-order valence-electron chi connectivity index (χ3n) is 5.27. The molecule has 0 unspecified atom stereocenters. The molecule has 1 aliphatic heterocycles. The van der Waals surface area contributed by atoms with E-state index in [2.05, 4.69) is 62.0 Å². The SMILES string of the molecule is Cc1cc(N2CCN(C(=O)Nc3ccc(C(C)(C)C)cc3)CC2)nc(C(C)C)n1. The molecule has 2 amide bonds. The van der Waals surface area contributed by atoms with Gasteiger partial charge < -0.3 is 15.1 Å². The Morgan fingerprint density at radius 2 is 1.66 bits per heavy atom. The lowest BCUT2D eigenvalue weighted by Crippen LogP contribution is -2.50. The van der Waals surface area contributed by atoms with Crippen LogP contribution in [-0.4, -0.2) is 47.1 Å². The second-order valence-electron chi connectivity index (χ2n) is 9.11. The first-order valence-electron chi connectivity index (χ1n) is 10.4. The molecule has 1 aromatic heterocycles. The van der Waals surface area contributed by atoms with E-state index in [1.54, 1.807) is 0 Å². The first kappa shape index (κ1) is 21.1. The van der Waals surface area contributed by atoms with Crippen LogP contribution in [0.1, 0.15) is 57.6 Å². The molecule has 0 radical (unpaired) electrons. The number of nitrogens with one attached hydrogen (secondary N) is 1. The fourth-order valence-corrected chi connectivity index (χ4v) is 3.39. The summed E-state index contributed by atoms with van der Waals surface area (Å²) in [6.07, 6.45) is 0. The number of benzene rings is 1. The summed E-state index contributed by atoms with van der Waals surface area (Å²) in [4.78, 5) is 26.0. The average Bonchev–Trinajstić information content (AvgIpc) is 2.67. The molecule has 0 saturated carbocycles. The van der Waals surface area contributed by atoms with Crippen LogP contribution in [0.25, 0.3) is 0 Å². The van der Waals surface area contributed by atoms with Gasteiger partial charge in [0.2, 0.25) is 0 Å². The van der Waals surface area contributed by atoms with Crippen molar-refractivity contribution in [2.75, 3.05) is 36.4 Å². The Bertz CT molecular complexity index is 847. The number of carbonyl (C=O) groups excluding carboxylic acids is 1. The van der Waals surface area contributed by atoms with Gasteiger partial charge in [-0.05, 0) is 30.0 Å². The molecule has 29 heavy (non-hydrogen) atoms. The van der Waals surface area contributed by atoms with Gasteiger partial charge in [0, 0.05) is 49.5 Å². The number of urea groups is 1. The number of amides is 2. The fraction of sp³-hybridized carbons (Fsp3) is 0.522. The van der Waals surface area contributed by atoms with Crippen LogP contribution in [0.15, 0.2) is 30.3 Å². The normalized spacial score (nSPS) is 15.0. The standard InChI is InChI=1S/C23H33N5O/c1-16(2)21-24-17(3)15-20(26-21)27-11-13-28(14-12-27)22(29)25-19-9-7-18(8-10-19)23(4,5)6/h7-10,15-16H,11-14H2,1-6H3,(H,25,29). The number of aryl methyl sites for hydroxylation is 1. The highest BCUT2D eigenvalue weighted by Gasteiger charge is 2.23. The molecule has 0 bridgehead atoms. The summed E-state index contributed by atoms with van der Waals surface area (Å²) in [5.41, 5.74) is 3.18. The molecule has 1 aromatic carbocycles. The quantitative estimate of drug-likeness (QED) is 0.828. The minimum Gasteiger partial charge on any atom is -0.353 e.